The Balaban J connectivity index is 1.90. The van der Waals surface area contributed by atoms with E-state index < -0.39 is 0 Å². The molecule has 0 radical (unpaired) electrons. The lowest BCUT2D eigenvalue weighted by Gasteiger charge is -2.27. The molecule has 1 aliphatic carbocycles. The lowest BCUT2D eigenvalue weighted by molar-refractivity contribution is 0.212. The fourth-order valence-electron chi connectivity index (χ4n) is 3.20. The van der Waals surface area contributed by atoms with Crippen molar-refractivity contribution in [2.24, 2.45) is 23.0 Å². The maximum atomic E-state index is 6.12. The van der Waals surface area contributed by atoms with Crippen LogP contribution in [0.15, 0.2) is 0 Å². The van der Waals surface area contributed by atoms with E-state index in [1.54, 1.807) is 0 Å². The van der Waals surface area contributed by atoms with Gasteiger partial charge in [0.2, 0.25) is 0 Å². The van der Waals surface area contributed by atoms with E-state index in [1.807, 2.05) is 0 Å². The molecule has 2 N–H and O–H groups in total. The highest BCUT2D eigenvalue weighted by atomic mass is 15.2. The van der Waals surface area contributed by atoms with Crippen molar-refractivity contribution in [3.63, 3.8) is 0 Å². The Morgan fingerprint density at radius 3 is 2.50 bits per heavy atom. The van der Waals surface area contributed by atoms with Gasteiger partial charge in [-0.2, -0.15) is 0 Å². The highest BCUT2D eigenvalue weighted by Crippen LogP contribution is 2.37. The van der Waals surface area contributed by atoms with E-state index in [0.717, 1.165) is 11.8 Å². The molecule has 2 rings (SSSR count). The monoisotopic (exact) mass is 196 g/mol. The van der Waals surface area contributed by atoms with Gasteiger partial charge in [0.25, 0.3) is 0 Å². The van der Waals surface area contributed by atoms with Gasteiger partial charge in [-0.15, -0.1) is 0 Å². The molecule has 0 aromatic rings. The third-order valence-electron chi connectivity index (χ3n) is 3.69. The van der Waals surface area contributed by atoms with Crippen LogP contribution in [0.4, 0.5) is 0 Å². The second-order valence-corrected chi connectivity index (χ2v) is 6.42. The molecule has 1 saturated carbocycles. The molecule has 2 nitrogen and oxygen atoms in total. The second kappa shape index (κ2) is 3.49. The van der Waals surface area contributed by atoms with Crippen LogP contribution in [0.1, 0.15) is 33.6 Å². The van der Waals surface area contributed by atoms with Gasteiger partial charge in [-0.1, -0.05) is 20.8 Å². The summed E-state index contributed by atoms with van der Waals surface area (Å²) >= 11 is 0. The topological polar surface area (TPSA) is 29.3 Å². The van der Waals surface area contributed by atoms with Crippen molar-refractivity contribution in [2.75, 3.05) is 19.6 Å². The maximum Gasteiger partial charge on any atom is 0.00826 e. The molecule has 0 amide bonds. The molecule has 82 valence electrons. The minimum Gasteiger partial charge on any atom is -0.327 e. The number of hydrogen-bond acceptors (Lipinski definition) is 2. The molecule has 0 aromatic heterocycles. The van der Waals surface area contributed by atoms with E-state index in [1.165, 1.54) is 32.5 Å². The Hall–Kier alpha value is -0.0800. The van der Waals surface area contributed by atoms with Crippen molar-refractivity contribution < 1.29 is 0 Å². The zero-order chi connectivity index (χ0) is 10.3. The first-order valence-electron chi connectivity index (χ1n) is 5.94. The Morgan fingerprint density at radius 2 is 1.93 bits per heavy atom. The molecule has 0 aromatic carbocycles. The number of hydrogen-bond donors (Lipinski definition) is 1. The highest BCUT2D eigenvalue weighted by molar-refractivity contribution is 4.96. The normalized spacial score (nSPS) is 39.0. The molecule has 0 bridgehead atoms. The first kappa shape index (κ1) is 10.4. The van der Waals surface area contributed by atoms with Gasteiger partial charge in [0, 0.05) is 25.7 Å². The van der Waals surface area contributed by atoms with Crippen LogP contribution >= 0.6 is 0 Å². The molecule has 2 heteroatoms. The average Bonchev–Trinajstić information content (AvgIpc) is 2.51. The number of nitrogens with zero attached hydrogens (tertiary/aromatic N) is 1. The minimum atomic E-state index is 0.433. The van der Waals surface area contributed by atoms with E-state index in [2.05, 4.69) is 25.7 Å². The van der Waals surface area contributed by atoms with E-state index in [4.69, 9.17) is 5.73 Å². The van der Waals surface area contributed by atoms with Gasteiger partial charge in [-0.25, -0.2) is 0 Å². The molecule has 0 spiro atoms. The summed E-state index contributed by atoms with van der Waals surface area (Å²) in [6.07, 6.45) is 2.63. The molecule has 1 unspecified atom stereocenters. The predicted molar refractivity (Wildman–Crippen MR) is 60.1 cm³/mol. The number of fused-ring (bicyclic) bond motifs is 1. The van der Waals surface area contributed by atoms with Crippen molar-refractivity contribution >= 4 is 0 Å². The minimum absolute atomic E-state index is 0.433. The summed E-state index contributed by atoms with van der Waals surface area (Å²) in [4.78, 5) is 2.62. The van der Waals surface area contributed by atoms with E-state index in [9.17, 15) is 0 Å². The van der Waals surface area contributed by atoms with Crippen LogP contribution < -0.4 is 5.73 Å². The molecule has 14 heavy (non-hydrogen) atoms. The third kappa shape index (κ3) is 2.12. The van der Waals surface area contributed by atoms with Gasteiger partial charge in [-0.3, -0.25) is 0 Å². The largest absolute Gasteiger partial charge is 0.327 e. The lowest BCUT2D eigenvalue weighted by atomic mass is 9.96. The molecule has 1 heterocycles. The molecule has 2 aliphatic rings. The Morgan fingerprint density at radius 1 is 1.21 bits per heavy atom. The highest BCUT2D eigenvalue weighted by Gasteiger charge is 2.41. The first-order valence-corrected chi connectivity index (χ1v) is 5.94. The van der Waals surface area contributed by atoms with Crippen LogP contribution in [0.2, 0.25) is 0 Å². The van der Waals surface area contributed by atoms with Gasteiger partial charge < -0.3 is 10.6 Å². The van der Waals surface area contributed by atoms with Crippen LogP contribution in [0.3, 0.4) is 0 Å². The van der Waals surface area contributed by atoms with Gasteiger partial charge >= 0.3 is 0 Å². The maximum absolute atomic E-state index is 6.12. The number of nitrogens with two attached hydrogens (primary N) is 1. The van der Waals surface area contributed by atoms with Gasteiger partial charge in [0.05, 0.1) is 0 Å². The molecule has 2 fully saturated rings. The Bertz CT molecular complexity index is 207. The van der Waals surface area contributed by atoms with Crippen molar-refractivity contribution in [1.29, 1.82) is 0 Å². The smallest absolute Gasteiger partial charge is 0.00826 e. The van der Waals surface area contributed by atoms with Crippen LogP contribution in [0.5, 0.6) is 0 Å². The third-order valence-corrected chi connectivity index (χ3v) is 3.69. The molecule has 1 aliphatic heterocycles. The average molecular weight is 196 g/mol. The molecular weight excluding hydrogens is 172 g/mol. The summed E-state index contributed by atoms with van der Waals surface area (Å²) in [6, 6.07) is 0.491. The van der Waals surface area contributed by atoms with Gasteiger partial charge in [0.1, 0.15) is 0 Å². The van der Waals surface area contributed by atoms with Gasteiger partial charge in [0.15, 0.2) is 0 Å². The zero-order valence-corrected chi connectivity index (χ0v) is 9.79. The Labute approximate surface area is 87.8 Å². The summed E-state index contributed by atoms with van der Waals surface area (Å²) in [6.45, 7) is 10.7. The number of likely N-dealkylation sites (tertiary alicyclic amines) is 1. The molecular formula is C12H24N2. The summed E-state index contributed by atoms with van der Waals surface area (Å²) in [5, 5.41) is 0. The van der Waals surface area contributed by atoms with Crippen LogP contribution in [-0.4, -0.2) is 30.6 Å². The van der Waals surface area contributed by atoms with Crippen molar-refractivity contribution in [3.8, 4) is 0 Å². The van der Waals surface area contributed by atoms with Crippen molar-refractivity contribution in [1.82, 2.24) is 4.90 Å². The molecule has 1 saturated heterocycles. The van der Waals surface area contributed by atoms with E-state index in [-0.39, 0.29) is 0 Å². The Kier molecular flexibility index (Phi) is 2.61. The van der Waals surface area contributed by atoms with Crippen molar-refractivity contribution in [2.45, 2.75) is 39.7 Å². The standard InChI is InChI=1S/C12H24N2/c1-12(2,3)8-14-6-9-4-5-11(13)10(9)7-14/h9-11H,4-8,13H2,1-3H3/t9-,10+,11?/m0/s1. The summed E-state index contributed by atoms with van der Waals surface area (Å²) < 4.78 is 0. The SMILES string of the molecule is CC(C)(C)CN1C[C@@H]2CCC(N)[C@@H]2C1. The van der Waals surface area contributed by atoms with Gasteiger partial charge in [-0.05, 0) is 30.1 Å². The number of rotatable bonds is 1. The van der Waals surface area contributed by atoms with Crippen LogP contribution in [-0.2, 0) is 0 Å². The summed E-state index contributed by atoms with van der Waals surface area (Å²) in [5.74, 6) is 1.71. The van der Waals surface area contributed by atoms with Crippen molar-refractivity contribution in [3.05, 3.63) is 0 Å². The van der Waals surface area contributed by atoms with E-state index >= 15 is 0 Å². The first-order chi connectivity index (χ1) is 6.46. The van der Waals surface area contributed by atoms with Crippen LogP contribution in [0.25, 0.3) is 0 Å². The van der Waals surface area contributed by atoms with E-state index in [0.29, 0.717) is 11.5 Å². The quantitative estimate of drug-likeness (QED) is 0.691. The summed E-state index contributed by atoms with van der Waals surface area (Å²) in [7, 11) is 0. The predicted octanol–water partition coefficient (Wildman–Crippen LogP) is 1.70. The second-order valence-electron chi connectivity index (χ2n) is 6.42. The van der Waals surface area contributed by atoms with Crippen LogP contribution in [0, 0.1) is 17.3 Å². The fraction of sp³-hybridized carbons (Fsp3) is 1.00. The molecule has 3 atom stereocenters. The fourth-order valence-corrected chi connectivity index (χ4v) is 3.20. The lowest BCUT2D eigenvalue weighted by Crippen LogP contribution is -2.34. The zero-order valence-electron chi connectivity index (χ0n) is 9.79. The summed E-state index contributed by atoms with van der Waals surface area (Å²) in [5.41, 5.74) is 6.55.